The first-order valence-electron chi connectivity index (χ1n) is 7.92. The predicted molar refractivity (Wildman–Crippen MR) is 86.8 cm³/mol. The van der Waals surface area contributed by atoms with E-state index in [-0.39, 0.29) is 18.1 Å². The molecule has 0 saturated carbocycles. The summed E-state index contributed by atoms with van der Waals surface area (Å²) >= 11 is 1.91. The standard InChI is InChI=1S/C14H23N5O2S/c15-19-16-8-4-3-6-10(20)5-1-2-7-12-13-11(9-22-12)17-14(21)18-13/h11-13H,1-9H2,(H2,17,18,21)/t11-,12+,13-/m0/s1. The van der Waals surface area contributed by atoms with Crippen LogP contribution in [0.1, 0.15) is 44.9 Å². The van der Waals surface area contributed by atoms with Crippen LogP contribution >= 0.6 is 11.8 Å². The summed E-state index contributed by atoms with van der Waals surface area (Å²) in [5.74, 6) is 1.28. The Morgan fingerprint density at radius 1 is 1.27 bits per heavy atom. The summed E-state index contributed by atoms with van der Waals surface area (Å²) in [5.41, 5.74) is 8.14. The van der Waals surface area contributed by atoms with Crippen LogP contribution < -0.4 is 10.6 Å². The molecular formula is C14H23N5O2S. The second-order valence-corrected chi connectivity index (χ2v) is 7.09. The third kappa shape index (κ3) is 5.10. The van der Waals surface area contributed by atoms with Crippen molar-refractivity contribution in [2.24, 2.45) is 5.11 Å². The summed E-state index contributed by atoms with van der Waals surface area (Å²) in [6.07, 6.45) is 5.81. The summed E-state index contributed by atoms with van der Waals surface area (Å²) in [4.78, 5) is 25.7. The number of nitrogens with zero attached hydrogens (tertiary/aromatic N) is 3. The number of thioether (sulfide) groups is 1. The smallest absolute Gasteiger partial charge is 0.315 e. The molecule has 0 aromatic carbocycles. The number of rotatable bonds is 10. The minimum atomic E-state index is -0.0452. The largest absolute Gasteiger partial charge is 0.332 e. The van der Waals surface area contributed by atoms with E-state index in [2.05, 4.69) is 20.7 Å². The molecule has 2 aliphatic rings. The Kier molecular flexibility index (Phi) is 6.86. The maximum absolute atomic E-state index is 11.7. The average molecular weight is 325 g/mol. The lowest BCUT2D eigenvalue weighted by Gasteiger charge is -2.16. The highest BCUT2D eigenvalue weighted by Crippen LogP contribution is 2.33. The van der Waals surface area contributed by atoms with Gasteiger partial charge in [-0.2, -0.15) is 11.8 Å². The van der Waals surface area contributed by atoms with E-state index in [9.17, 15) is 9.59 Å². The predicted octanol–water partition coefficient (Wildman–Crippen LogP) is 2.76. The van der Waals surface area contributed by atoms with Crippen LogP contribution in [0.25, 0.3) is 10.4 Å². The van der Waals surface area contributed by atoms with Gasteiger partial charge in [0.2, 0.25) is 0 Å². The van der Waals surface area contributed by atoms with E-state index in [4.69, 9.17) is 5.53 Å². The van der Waals surface area contributed by atoms with Crippen molar-refractivity contribution in [3.05, 3.63) is 10.4 Å². The molecule has 2 fully saturated rings. The van der Waals surface area contributed by atoms with Gasteiger partial charge in [0, 0.05) is 35.3 Å². The molecule has 22 heavy (non-hydrogen) atoms. The fourth-order valence-corrected chi connectivity index (χ4v) is 4.53. The van der Waals surface area contributed by atoms with Crippen LogP contribution in [0.4, 0.5) is 4.79 Å². The molecule has 0 bridgehead atoms. The number of amides is 2. The molecule has 2 amide bonds. The van der Waals surface area contributed by atoms with Gasteiger partial charge >= 0.3 is 6.03 Å². The zero-order chi connectivity index (χ0) is 15.8. The first-order valence-corrected chi connectivity index (χ1v) is 8.97. The number of Topliss-reactive ketones (excluding diaryl/α,β-unsaturated/α-hetero) is 1. The van der Waals surface area contributed by atoms with Gasteiger partial charge in [-0.25, -0.2) is 4.79 Å². The van der Waals surface area contributed by atoms with Crippen LogP contribution in [-0.2, 0) is 4.79 Å². The second kappa shape index (κ2) is 8.90. The van der Waals surface area contributed by atoms with Crippen LogP contribution in [0.15, 0.2) is 5.11 Å². The molecule has 2 heterocycles. The van der Waals surface area contributed by atoms with E-state index < -0.39 is 0 Å². The average Bonchev–Trinajstić information content (AvgIpc) is 3.03. The van der Waals surface area contributed by atoms with Crippen LogP contribution in [0.2, 0.25) is 0 Å². The van der Waals surface area contributed by atoms with Gasteiger partial charge in [0.15, 0.2) is 0 Å². The van der Waals surface area contributed by atoms with Crippen LogP contribution in [0.3, 0.4) is 0 Å². The minimum absolute atomic E-state index is 0.0452. The van der Waals surface area contributed by atoms with Gasteiger partial charge in [-0.15, -0.1) is 0 Å². The molecule has 2 rings (SSSR count). The lowest BCUT2D eigenvalue weighted by Crippen LogP contribution is -2.36. The van der Waals surface area contributed by atoms with Crippen LogP contribution in [0.5, 0.6) is 0 Å². The number of carbonyl (C=O) groups excluding carboxylic acids is 2. The molecule has 0 aromatic rings. The van der Waals surface area contributed by atoms with E-state index in [0.717, 1.165) is 37.9 Å². The van der Waals surface area contributed by atoms with Crippen molar-refractivity contribution in [1.82, 2.24) is 10.6 Å². The van der Waals surface area contributed by atoms with Gasteiger partial charge in [0.05, 0.1) is 12.1 Å². The SMILES string of the molecule is [N-]=[N+]=NCCCCC(=O)CCCC[C@H]1SC[C@@H]2NC(=O)N[C@@H]21. The fraction of sp³-hybridized carbons (Fsp3) is 0.857. The quantitative estimate of drug-likeness (QED) is 0.212. The number of unbranched alkanes of at least 4 members (excludes halogenated alkanes) is 2. The van der Waals surface area contributed by atoms with Crippen molar-refractivity contribution < 1.29 is 9.59 Å². The Hall–Kier alpha value is -1.40. The molecule has 122 valence electrons. The number of urea groups is 1. The Labute approximate surface area is 134 Å². The maximum atomic E-state index is 11.7. The van der Waals surface area contributed by atoms with Crippen molar-refractivity contribution in [3.63, 3.8) is 0 Å². The highest BCUT2D eigenvalue weighted by Gasteiger charge is 2.42. The monoisotopic (exact) mass is 325 g/mol. The molecule has 0 aromatic heterocycles. The Bertz CT molecular complexity index is 453. The molecule has 3 atom stereocenters. The highest BCUT2D eigenvalue weighted by molar-refractivity contribution is 8.00. The first-order chi connectivity index (χ1) is 10.7. The zero-order valence-corrected chi connectivity index (χ0v) is 13.5. The van der Waals surface area contributed by atoms with E-state index in [1.54, 1.807) is 0 Å². The minimum Gasteiger partial charge on any atom is -0.332 e. The van der Waals surface area contributed by atoms with Crippen molar-refractivity contribution in [2.75, 3.05) is 12.3 Å². The molecule has 2 N–H and O–H groups in total. The fourth-order valence-electron chi connectivity index (χ4n) is 2.99. The lowest BCUT2D eigenvalue weighted by atomic mass is 10.0. The van der Waals surface area contributed by atoms with Crippen LogP contribution in [-0.4, -0.2) is 41.4 Å². The molecule has 7 nitrogen and oxygen atoms in total. The molecule has 2 saturated heterocycles. The van der Waals surface area contributed by atoms with Crippen molar-refractivity contribution >= 4 is 23.6 Å². The Balaban J connectivity index is 1.51. The number of hydrogen-bond acceptors (Lipinski definition) is 4. The van der Waals surface area contributed by atoms with E-state index >= 15 is 0 Å². The summed E-state index contributed by atoms with van der Waals surface area (Å²) < 4.78 is 0. The van der Waals surface area contributed by atoms with E-state index in [0.29, 0.717) is 30.4 Å². The Morgan fingerprint density at radius 2 is 2.05 bits per heavy atom. The number of hydrogen-bond donors (Lipinski definition) is 2. The second-order valence-electron chi connectivity index (χ2n) is 5.82. The summed E-state index contributed by atoms with van der Waals surface area (Å²) in [6.45, 7) is 0.477. The van der Waals surface area contributed by atoms with Gasteiger partial charge in [0.1, 0.15) is 5.78 Å². The lowest BCUT2D eigenvalue weighted by molar-refractivity contribution is -0.119. The van der Waals surface area contributed by atoms with Gasteiger partial charge in [-0.3, -0.25) is 4.79 Å². The molecule has 2 aliphatic heterocycles. The van der Waals surface area contributed by atoms with Crippen molar-refractivity contribution in [3.8, 4) is 0 Å². The molecule has 0 aliphatic carbocycles. The normalized spacial score (nSPS) is 26.0. The topological polar surface area (TPSA) is 107 Å². The number of carbonyl (C=O) groups is 2. The van der Waals surface area contributed by atoms with Gasteiger partial charge in [0.25, 0.3) is 0 Å². The van der Waals surface area contributed by atoms with E-state index in [1.807, 2.05) is 11.8 Å². The summed E-state index contributed by atoms with van der Waals surface area (Å²) in [6, 6.07) is 0.491. The molecule has 0 spiro atoms. The molecule has 0 radical (unpaired) electrons. The molecule has 8 heteroatoms. The summed E-state index contributed by atoms with van der Waals surface area (Å²) in [7, 11) is 0. The maximum Gasteiger partial charge on any atom is 0.315 e. The third-order valence-corrected chi connectivity index (χ3v) is 5.67. The van der Waals surface area contributed by atoms with Crippen LogP contribution in [0, 0.1) is 0 Å². The molecular weight excluding hydrogens is 302 g/mol. The number of azide groups is 1. The summed E-state index contributed by atoms with van der Waals surface area (Å²) in [5, 5.41) is 9.85. The van der Waals surface area contributed by atoms with Crippen molar-refractivity contribution in [1.29, 1.82) is 0 Å². The van der Waals surface area contributed by atoms with Crippen molar-refractivity contribution in [2.45, 2.75) is 62.3 Å². The number of fused-ring (bicyclic) bond motifs is 1. The van der Waals surface area contributed by atoms with Gasteiger partial charge < -0.3 is 10.6 Å². The number of ketones is 1. The third-order valence-electron chi connectivity index (χ3n) is 4.16. The van der Waals surface area contributed by atoms with Gasteiger partial charge in [-0.1, -0.05) is 11.5 Å². The van der Waals surface area contributed by atoms with Gasteiger partial charge in [-0.05, 0) is 31.2 Å². The highest BCUT2D eigenvalue weighted by atomic mass is 32.2. The number of nitrogens with one attached hydrogen (secondary N) is 2. The first kappa shape index (κ1) is 17.0. The van der Waals surface area contributed by atoms with E-state index in [1.165, 1.54) is 0 Å². The zero-order valence-electron chi connectivity index (χ0n) is 12.7. The Morgan fingerprint density at radius 3 is 2.82 bits per heavy atom. The molecule has 0 unspecified atom stereocenters.